The molecule has 0 atom stereocenters. The van der Waals surface area contributed by atoms with Crippen LogP contribution >= 0.6 is 0 Å². The van der Waals surface area contributed by atoms with Gasteiger partial charge in [0.15, 0.2) is 11.6 Å². The normalized spacial score (nSPS) is 10.6. The molecule has 0 aliphatic heterocycles. The summed E-state index contributed by atoms with van der Waals surface area (Å²) >= 11 is 0. The van der Waals surface area contributed by atoms with Gasteiger partial charge < -0.3 is 5.73 Å². The third kappa shape index (κ3) is 1.07. The number of aromatic nitrogens is 4. The summed E-state index contributed by atoms with van der Waals surface area (Å²) in [5.74, 6) is -0.486. The summed E-state index contributed by atoms with van der Waals surface area (Å²) in [6, 6.07) is 0. The Bertz CT molecular complexity index is 416. The summed E-state index contributed by atoms with van der Waals surface area (Å²) in [5, 5.41) is 10.2. The summed E-state index contributed by atoms with van der Waals surface area (Å²) in [4.78, 5) is 0. The molecule has 13 heavy (non-hydrogen) atoms. The van der Waals surface area contributed by atoms with E-state index in [1.807, 2.05) is 0 Å². The lowest BCUT2D eigenvalue weighted by molar-refractivity contribution is 0.634. The molecule has 0 aliphatic carbocycles. The first-order valence-electron chi connectivity index (χ1n) is 3.67. The van der Waals surface area contributed by atoms with E-state index >= 15 is 0 Å². The van der Waals surface area contributed by atoms with Gasteiger partial charge in [0.25, 0.3) is 0 Å². The van der Waals surface area contributed by atoms with Crippen molar-refractivity contribution in [3.63, 3.8) is 0 Å². The Morgan fingerprint density at radius 1 is 1.62 bits per heavy atom. The molecule has 6 heteroatoms. The lowest BCUT2D eigenvalue weighted by atomic mass is 10.2. The Morgan fingerprint density at radius 2 is 2.38 bits per heavy atom. The number of nitrogens with one attached hydrogen (secondary N) is 1. The van der Waals surface area contributed by atoms with E-state index in [-0.39, 0.29) is 11.5 Å². The Kier molecular flexibility index (Phi) is 1.54. The molecule has 0 aromatic carbocycles. The summed E-state index contributed by atoms with van der Waals surface area (Å²) in [7, 11) is 1.59. The maximum Gasteiger partial charge on any atom is 0.192 e. The van der Waals surface area contributed by atoms with Crippen molar-refractivity contribution in [1.29, 1.82) is 0 Å². The second-order valence-corrected chi connectivity index (χ2v) is 2.66. The topological polar surface area (TPSA) is 72.5 Å². The minimum atomic E-state index is -0.510. The standard InChI is InChI=1S/C7H8FN5/c1-13-7(9)5(8)6(12-13)4-2-10-11-3-4/h2-3H,9H2,1H3,(H,10,11). The maximum absolute atomic E-state index is 13.3. The lowest BCUT2D eigenvalue weighted by Crippen LogP contribution is -1.97. The molecule has 0 amide bonds. The van der Waals surface area contributed by atoms with Crippen molar-refractivity contribution < 1.29 is 4.39 Å². The van der Waals surface area contributed by atoms with Gasteiger partial charge in [0.2, 0.25) is 0 Å². The zero-order chi connectivity index (χ0) is 9.42. The van der Waals surface area contributed by atoms with Gasteiger partial charge in [-0.2, -0.15) is 10.2 Å². The van der Waals surface area contributed by atoms with Crippen LogP contribution in [0.1, 0.15) is 0 Å². The highest BCUT2D eigenvalue weighted by Crippen LogP contribution is 2.23. The van der Waals surface area contributed by atoms with E-state index in [0.717, 1.165) is 0 Å². The second-order valence-electron chi connectivity index (χ2n) is 2.66. The first kappa shape index (κ1) is 7.78. The Morgan fingerprint density at radius 3 is 2.85 bits per heavy atom. The van der Waals surface area contributed by atoms with Crippen molar-refractivity contribution in [3.05, 3.63) is 18.2 Å². The molecular weight excluding hydrogens is 173 g/mol. The van der Waals surface area contributed by atoms with Crippen LogP contribution < -0.4 is 5.73 Å². The molecule has 5 nitrogen and oxygen atoms in total. The Labute approximate surface area is 73.4 Å². The minimum Gasteiger partial charge on any atom is -0.381 e. The van der Waals surface area contributed by atoms with Crippen LogP contribution in [0.15, 0.2) is 12.4 Å². The highest BCUT2D eigenvalue weighted by atomic mass is 19.1. The maximum atomic E-state index is 13.3. The third-order valence-corrected chi connectivity index (χ3v) is 1.80. The van der Waals surface area contributed by atoms with Gasteiger partial charge in [-0.1, -0.05) is 0 Å². The number of anilines is 1. The van der Waals surface area contributed by atoms with Crippen LogP contribution in [0.2, 0.25) is 0 Å². The number of H-pyrrole nitrogens is 1. The minimum absolute atomic E-state index is 0.0243. The summed E-state index contributed by atoms with van der Waals surface area (Å²) < 4.78 is 14.6. The van der Waals surface area contributed by atoms with E-state index in [1.165, 1.54) is 10.9 Å². The van der Waals surface area contributed by atoms with Gasteiger partial charge in [0.05, 0.1) is 6.20 Å². The molecule has 2 aromatic rings. The third-order valence-electron chi connectivity index (χ3n) is 1.80. The van der Waals surface area contributed by atoms with Crippen LogP contribution in [-0.2, 0) is 7.05 Å². The Balaban J connectivity index is 2.59. The van der Waals surface area contributed by atoms with E-state index in [4.69, 9.17) is 5.73 Å². The van der Waals surface area contributed by atoms with Crippen LogP contribution in [0, 0.1) is 5.82 Å². The molecule has 2 aromatic heterocycles. The highest BCUT2D eigenvalue weighted by molar-refractivity contribution is 5.61. The fourth-order valence-electron chi connectivity index (χ4n) is 1.08. The second kappa shape index (κ2) is 2.58. The SMILES string of the molecule is Cn1nc(-c2cn[nH]c2)c(F)c1N. The molecule has 0 saturated heterocycles. The average Bonchev–Trinajstić information content (AvgIpc) is 2.70. The number of aryl methyl sites for hydroxylation is 1. The van der Waals surface area contributed by atoms with Gasteiger partial charge >= 0.3 is 0 Å². The van der Waals surface area contributed by atoms with Crippen molar-refractivity contribution in [2.24, 2.45) is 7.05 Å². The predicted molar refractivity (Wildman–Crippen MR) is 45.2 cm³/mol. The zero-order valence-corrected chi connectivity index (χ0v) is 6.95. The zero-order valence-electron chi connectivity index (χ0n) is 6.95. The first-order chi connectivity index (χ1) is 6.20. The number of aromatic amines is 1. The van der Waals surface area contributed by atoms with E-state index in [9.17, 15) is 4.39 Å². The van der Waals surface area contributed by atoms with Crippen molar-refractivity contribution in [2.45, 2.75) is 0 Å². The molecule has 2 heterocycles. The monoisotopic (exact) mass is 181 g/mol. The number of hydrogen-bond donors (Lipinski definition) is 2. The predicted octanol–water partition coefficient (Wildman–Crippen LogP) is 0.532. The number of nitrogens with two attached hydrogens (primary N) is 1. The van der Waals surface area contributed by atoms with E-state index in [0.29, 0.717) is 5.56 Å². The Hall–Kier alpha value is -1.85. The van der Waals surface area contributed by atoms with Gasteiger partial charge in [-0.3, -0.25) is 5.10 Å². The fourth-order valence-corrected chi connectivity index (χ4v) is 1.08. The largest absolute Gasteiger partial charge is 0.381 e. The molecule has 0 bridgehead atoms. The molecular formula is C7H8FN5. The van der Waals surface area contributed by atoms with Crippen molar-refractivity contribution in [2.75, 3.05) is 5.73 Å². The van der Waals surface area contributed by atoms with Gasteiger partial charge in [-0.25, -0.2) is 9.07 Å². The molecule has 0 spiro atoms. The molecule has 0 radical (unpaired) electrons. The number of halogens is 1. The molecule has 0 fully saturated rings. The summed E-state index contributed by atoms with van der Waals surface area (Å²) in [6.45, 7) is 0. The van der Waals surface area contributed by atoms with Crippen molar-refractivity contribution in [1.82, 2.24) is 20.0 Å². The first-order valence-corrected chi connectivity index (χ1v) is 3.67. The smallest absolute Gasteiger partial charge is 0.192 e. The van der Waals surface area contributed by atoms with Crippen molar-refractivity contribution in [3.8, 4) is 11.3 Å². The molecule has 0 unspecified atom stereocenters. The van der Waals surface area contributed by atoms with Crippen LogP contribution in [0.5, 0.6) is 0 Å². The van der Waals surface area contributed by atoms with E-state index in [2.05, 4.69) is 15.3 Å². The van der Waals surface area contributed by atoms with Crippen LogP contribution in [0.25, 0.3) is 11.3 Å². The van der Waals surface area contributed by atoms with Crippen LogP contribution in [-0.4, -0.2) is 20.0 Å². The van der Waals surface area contributed by atoms with Gasteiger partial charge in [0, 0.05) is 18.8 Å². The van der Waals surface area contributed by atoms with E-state index < -0.39 is 5.82 Å². The number of nitrogen functional groups attached to an aromatic ring is 1. The quantitative estimate of drug-likeness (QED) is 0.674. The molecule has 3 N–H and O–H groups in total. The van der Waals surface area contributed by atoms with Crippen LogP contribution in [0.4, 0.5) is 10.2 Å². The molecule has 68 valence electrons. The number of hydrogen-bond acceptors (Lipinski definition) is 3. The number of nitrogens with zero attached hydrogens (tertiary/aromatic N) is 3. The van der Waals surface area contributed by atoms with Gasteiger partial charge in [-0.15, -0.1) is 0 Å². The fraction of sp³-hybridized carbons (Fsp3) is 0.143. The molecule has 2 rings (SSSR count). The van der Waals surface area contributed by atoms with E-state index in [1.54, 1.807) is 13.2 Å². The lowest BCUT2D eigenvalue weighted by Gasteiger charge is -1.88. The van der Waals surface area contributed by atoms with Crippen molar-refractivity contribution >= 4 is 5.82 Å². The van der Waals surface area contributed by atoms with Gasteiger partial charge in [0.1, 0.15) is 5.69 Å². The van der Waals surface area contributed by atoms with Gasteiger partial charge in [-0.05, 0) is 0 Å². The highest BCUT2D eigenvalue weighted by Gasteiger charge is 2.15. The number of rotatable bonds is 1. The average molecular weight is 181 g/mol. The van der Waals surface area contributed by atoms with Crippen LogP contribution in [0.3, 0.4) is 0 Å². The molecule has 0 saturated carbocycles. The molecule has 0 aliphatic rings. The summed E-state index contributed by atoms with van der Waals surface area (Å²) in [6.07, 6.45) is 3.05. The summed E-state index contributed by atoms with van der Waals surface area (Å²) in [5.41, 5.74) is 6.21.